The van der Waals surface area contributed by atoms with Crippen molar-refractivity contribution in [3.8, 4) is 0 Å². The summed E-state index contributed by atoms with van der Waals surface area (Å²) in [7, 11) is 0. The van der Waals surface area contributed by atoms with E-state index >= 15 is 0 Å². The highest BCUT2D eigenvalue weighted by molar-refractivity contribution is 5.72. The van der Waals surface area contributed by atoms with Gasteiger partial charge in [-0.15, -0.1) is 0 Å². The Morgan fingerprint density at radius 3 is 1.78 bits per heavy atom. The van der Waals surface area contributed by atoms with Crippen LogP contribution in [0.4, 0.5) is 20.2 Å². The molecule has 0 N–H and O–H groups in total. The van der Waals surface area contributed by atoms with Gasteiger partial charge in [-0.2, -0.15) is 0 Å². The molecule has 0 radical (unpaired) electrons. The van der Waals surface area contributed by atoms with Crippen LogP contribution in [0.25, 0.3) is 0 Å². The number of aryl methyl sites for hydroxylation is 2. The van der Waals surface area contributed by atoms with Crippen LogP contribution in [0.15, 0.2) is 36.4 Å². The first-order chi connectivity index (χ1) is 11.2. The summed E-state index contributed by atoms with van der Waals surface area (Å²) in [5.41, 5.74) is 4.27. The highest BCUT2D eigenvalue weighted by Gasteiger charge is 2.28. The number of fused-ring (bicyclic) bond motifs is 2. The number of nitrogens with zero attached hydrogens (tertiary/aromatic N) is 1. The van der Waals surface area contributed by atoms with Crippen LogP contribution in [0.3, 0.4) is 0 Å². The summed E-state index contributed by atoms with van der Waals surface area (Å²) in [6.45, 7) is 0. The molecule has 2 aromatic carbocycles. The molecule has 3 heteroatoms. The van der Waals surface area contributed by atoms with E-state index in [1.807, 2.05) is 12.1 Å². The number of hydrogen-bond donors (Lipinski definition) is 0. The van der Waals surface area contributed by atoms with Crippen molar-refractivity contribution < 1.29 is 8.78 Å². The first-order valence-corrected chi connectivity index (χ1v) is 8.58. The normalized spacial score (nSPS) is 18.3. The third-order valence-corrected chi connectivity index (χ3v) is 5.21. The van der Waals surface area contributed by atoms with E-state index < -0.39 is 0 Å². The van der Waals surface area contributed by atoms with E-state index in [9.17, 15) is 8.78 Å². The van der Waals surface area contributed by atoms with Gasteiger partial charge in [-0.3, -0.25) is 0 Å². The third-order valence-electron chi connectivity index (χ3n) is 5.21. The molecule has 1 saturated carbocycles. The summed E-state index contributed by atoms with van der Waals surface area (Å²) in [6.07, 6.45) is 7.56. The molecule has 1 aliphatic heterocycles. The van der Waals surface area contributed by atoms with Crippen LogP contribution in [0.1, 0.15) is 43.2 Å². The van der Waals surface area contributed by atoms with E-state index in [1.54, 1.807) is 24.3 Å². The summed E-state index contributed by atoms with van der Waals surface area (Å²) < 4.78 is 27.4. The molecule has 0 aromatic heterocycles. The summed E-state index contributed by atoms with van der Waals surface area (Å²) in [6, 6.07) is 10.6. The first kappa shape index (κ1) is 14.7. The van der Waals surface area contributed by atoms with Gasteiger partial charge in [0.1, 0.15) is 11.6 Å². The minimum Gasteiger partial charge on any atom is -0.338 e. The van der Waals surface area contributed by atoms with Gasteiger partial charge in [-0.1, -0.05) is 19.3 Å². The lowest BCUT2D eigenvalue weighted by Gasteiger charge is -2.37. The molecule has 4 rings (SSSR count). The highest BCUT2D eigenvalue weighted by atomic mass is 19.1. The van der Waals surface area contributed by atoms with Crippen LogP contribution in [0.5, 0.6) is 0 Å². The van der Waals surface area contributed by atoms with E-state index in [0.717, 1.165) is 48.2 Å². The maximum absolute atomic E-state index is 13.7. The number of anilines is 2. The SMILES string of the molecule is Fc1ccc2c(c1)CCc1cc(F)ccc1N2C1CCCCC1. The predicted octanol–water partition coefficient (Wildman–Crippen LogP) is 5.53. The number of rotatable bonds is 1. The number of benzene rings is 2. The van der Waals surface area contributed by atoms with Gasteiger partial charge in [-0.05, 0) is 73.2 Å². The molecule has 0 saturated heterocycles. The van der Waals surface area contributed by atoms with E-state index in [0.29, 0.717) is 6.04 Å². The molecule has 1 heterocycles. The van der Waals surface area contributed by atoms with Gasteiger partial charge in [0.05, 0.1) is 0 Å². The lowest BCUT2D eigenvalue weighted by atomic mass is 9.92. The van der Waals surface area contributed by atoms with Crippen LogP contribution < -0.4 is 4.90 Å². The lowest BCUT2D eigenvalue weighted by molar-refractivity contribution is 0.435. The quantitative estimate of drug-likeness (QED) is 0.668. The molecule has 1 aliphatic carbocycles. The van der Waals surface area contributed by atoms with Crippen molar-refractivity contribution in [2.45, 2.75) is 51.0 Å². The molecule has 2 aliphatic rings. The lowest BCUT2D eigenvalue weighted by Crippen LogP contribution is -2.33. The minimum atomic E-state index is -0.190. The molecular formula is C20H21F2N. The second-order valence-electron chi connectivity index (χ2n) is 6.71. The highest BCUT2D eigenvalue weighted by Crippen LogP contribution is 2.41. The molecule has 2 aromatic rings. The van der Waals surface area contributed by atoms with Crippen molar-refractivity contribution in [1.82, 2.24) is 0 Å². The fraction of sp³-hybridized carbons (Fsp3) is 0.400. The number of hydrogen-bond acceptors (Lipinski definition) is 1. The monoisotopic (exact) mass is 313 g/mol. The Hall–Kier alpha value is -1.90. The molecule has 0 spiro atoms. The third kappa shape index (κ3) is 2.73. The van der Waals surface area contributed by atoms with Gasteiger partial charge >= 0.3 is 0 Å². The fourth-order valence-corrected chi connectivity index (χ4v) is 4.11. The summed E-state index contributed by atoms with van der Waals surface area (Å²) in [5.74, 6) is -0.381. The molecule has 0 unspecified atom stereocenters. The zero-order valence-electron chi connectivity index (χ0n) is 13.2. The molecule has 120 valence electrons. The summed E-state index contributed by atoms with van der Waals surface area (Å²) in [4.78, 5) is 2.36. The Balaban J connectivity index is 1.86. The summed E-state index contributed by atoms with van der Waals surface area (Å²) >= 11 is 0. The molecule has 0 bridgehead atoms. The van der Waals surface area contributed by atoms with Crippen molar-refractivity contribution in [1.29, 1.82) is 0 Å². The topological polar surface area (TPSA) is 3.24 Å². The van der Waals surface area contributed by atoms with Gasteiger partial charge in [0.25, 0.3) is 0 Å². The van der Waals surface area contributed by atoms with Crippen molar-refractivity contribution in [2.24, 2.45) is 0 Å². The van der Waals surface area contributed by atoms with Crippen molar-refractivity contribution in [3.63, 3.8) is 0 Å². The fourth-order valence-electron chi connectivity index (χ4n) is 4.11. The Morgan fingerprint density at radius 1 is 0.739 bits per heavy atom. The second-order valence-corrected chi connectivity index (χ2v) is 6.71. The van der Waals surface area contributed by atoms with Crippen LogP contribution in [-0.2, 0) is 12.8 Å². The van der Waals surface area contributed by atoms with Crippen molar-refractivity contribution >= 4 is 11.4 Å². The van der Waals surface area contributed by atoms with Gasteiger partial charge in [0.15, 0.2) is 0 Å². The van der Waals surface area contributed by atoms with Crippen LogP contribution in [-0.4, -0.2) is 6.04 Å². The Kier molecular flexibility index (Phi) is 3.80. The van der Waals surface area contributed by atoms with E-state index in [4.69, 9.17) is 0 Å². The zero-order chi connectivity index (χ0) is 15.8. The molecule has 1 fully saturated rings. The van der Waals surface area contributed by atoms with Gasteiger partial charge in [0, 0.05) is 17.4 Å². The average Bonchev–Trinajstić information content (AvgIpc) is 2.72. The maximum Gasteiger partial charge on any atom is 0.123 e. The van der Waals surface area contributed by atoms with E-state index in [1.165, 1.54) is 19.3 Å². The largest absolute Gasteiger partial charge is 0.338 e. The van der Waals surface area contributed by atoms with Crippen molar-refractivity contribution in [3.05, 3.63) is 59.2 Å². The molecular weight excluding hydrogens is 292 g/mol. The van der Waals surface area contributed by atoms with Gasteiger partial charge < -0.3 is 4.90 Å². The summed E-state index contributed by atoms with van der Waals surface area (Å²) in [5, 5.41) is 0. The zero-order valence-corrected chi connectivity index (χ0v) is 13.2. The Labute approximate surface area is 135 Å². The van der Waals surface area contributed by atoms with Gasteiger partial charge in [0.2, 0.25) is 0 Å². The maximum atomic E-state index is 13.7. The smallest absolute Gasteiger partial charge is 0.123 e. The first-order valence-electron chi connectivity index (χ1n) is 8.58. The predicted molar refractivity (Wildman–Crippen MR) is 89.2 cm³/mol. The molecule has 23 heavy (non-hydrogen) atoms. The van der Waals surface area contributed by atoms with Crippen LogP contribution >= 0.6 is 0 Å². The van der Waals surface area contributed by atoms with Crippen LogP contribution in [0.2, 0.25) is 0 Å². The molecule has 0 atom stereocenters. The van der Waals surface area contributed by atoms with E-state index in [-0.39, 0.29) is 11.6 Å². The molecule has 0 amide bonds. The molecule has 1 nitrogen and oxygen atoms in total. The Bertz CT molecular complexity index is 666. The minimum absolute atomic E-state index is 0.190. The Morgan fingerprint density at radius 2 is 1.26 bits per heavy atom. The van der Waals surface area contributed by atoms with Crippen LogP contribution in [0, 0.1) is 11.6 Å². The van der Waals surface area contributed by atoms with Crippen molar-refractivity contribution in [2.75, 3.05) is 4.90 Å². The standard InChI is InChI=1S/C20H21F2N/c21-16-8-10-19-14(12-16)6-7-15-13-17(22)9-11-20(15)23(19)18-4-2-1-3-5-18/h8-13,18H,1-7H2. The second kappa shape index (κ2) is 5.95. The number of halogens is 2. The average molecular weight is 313 g/mol. The van der Waals surface area contributed by atoms with Gasteiger partial charge in [-0.25, -0.2) is 8.78 Å². The van der Waals surface area contributed by atoms with E-state index in [2.05, 4.69) is 4.90 Å².